The molecular formula is C24H30N2O2S. The average Bonchev–Trinajstić information content (AvgIpc) is 3.34. The van der Waals surface area contributed by atoms with Crippen LogP contribution in [0, 0.1) is 11.8 Å². The molecule has 5 rings (SSSR count). The highest BCUT2D eigenvalue weighted by atomic mass is 32.1. The summed E-state index contributed by atoms with van der Waals surface area (Å²) in [5.41, 5.74) is 2.67. The molecule has 1 amide bonds. The number of ether oxygens (including phenoxy) is 1. The smallest absolute Gasteiger partial charge is 0.225 e. The van der Waals surface area contributed by atoms with Gasteiger partial charge in [0.25, 0.3) is 0 Å². The van der Waals surface area contributed by atoms with Crippen molar-refractivity contribution in [3.8, 4) is 5.75 Å². The molecule has 2 aromatic rings. The summed E-state index contributed by atoms with van der Waals surface area (Å²) in [7, 11) is 1.75. The van der Waals surface area contributed by atoms with E-state index >= 15 is 0 Å². The van der Waals surface area contributed by atoms with Gasteiger partial charge < -0.3 is 9.64 Å². The molecule has 1 aromatic heterocycles. The molecule has 4 nitrogen and oxygen atoms in total. The van der Waals surface area contributed by atoms with Crippen molar-refractivity contribution in [2.24, 2.45) is 11.8 Å². The lowest BCUT2D eigenvalue weighted by Gasteiger charge is -2.40. The van der Waals surface area contributed by atoms with Gasteiger partial charge in [0.1, 0.15) is 5.75 Å². The fraction of sp³-hybridized carbons (Fsp3) is 0.542. The zero-order valence-corrected chi connectivity index (χ0v) is 17.9. The van der Waals surface area contributed by atoms with Gasteiger partial charge in [0.15, 0.2) is 0 Å². The van der Waals surface area contributed by atoms with Crippen LogP contribution >= 0.6 is 11.3 Å². The molecule has 2 saturated heterocycles. The van der Waals surface area contributed by atoms with E-state index in [2.05, 4.69) is 38.8 Å². The summed E-state index contributed by atoms with van der Waals surface area (Å²) in [6.07, 6.45) is 4.49. The molecule has 0 radical (unpaired) electrons. The Balaban J connectivity index is 1.36. The molecule has 29 heavy (non-hydrogen) atoms. The number of likely N-dealkylation sites (tertiary alicyclic amines) is 2. The normalized spacial score (nSPS) is 27.5. The second-order valence-corrected chi connectivity index (χ2v) is 9.63. The predicted molar refractivity (Wildman–Crippen MR) is 116 cm³/mol. The van der Waals surface area contributed by atoms with Crippen molar-refractivity contribution in [3.63, 3.8) is 0 Å². The van der Waals surface area contributed by atoms with E-state index in [9.17, 15) is 4.79 Å². The maximum atomic E-state index is 13.2. The first kappa shape index (κ1) is 19.1. The molecule has 2 aliphatic heterocycles. The molecule has 0 bridgehead atoms. The number of methoxy groups -OCH3 is 1. The maximum Gasteiger partial charge on any atom is 0.225 e. The van der Waals surface area contributed by atoms with Gasteiger partial charge in [-0.3, -0.25) is 9.69 Å². The summed E-state index contributed by atoms with van der Waals surface area (Å²) >= 11 is 1.77. The summed E-state index contributed by atoms with van der Waals surface area (Å²) in [6.45, 7) is 3.92. The SMILES string of the molecule is COc1ccccc1CN1CC[C@H]2[C@@H](C1)[C@H](c1ccsc1)CN2C(=O)C1CCC1. The van der Waals surface area contributed by atoms with Gasteiger partial charge >= 0.3 is 0 Å². The first-order valence-corrected chi connectivity index (χ1v) is 11.9. The van der Waals surface area contributed by atoms with Gasteiger partial charge in [-0.05, 0) is 47.7 Å². The Hall–Kier alpha value is -1.85. The summed E-state index contributed by atoms with van der Waals surface area (Å²) in [4.78, 5) is 18.0. The van der Waals surface area contributed by atoms with E-state index in [1.54, 1.807) is 18.4 Å². The number of amides is 1. The second-order valence-electron chi connectivity index (χ2n) is 8.85. The number of rotatable bonds is 5. The topological polar surface area (TPSA) is 32.8 Å². The molecule has 0 spiro atoms. The van der Waals surface area contributed by atoms with E-state index in [0.717, 1.165) is 51.2 Å². The molecule has 1 aliphatic carbocycles. The number of carbonyl (C=O) groups is 1. The standard InChI is InChI=1S/C24H30N2O2S/c1-28-23-8-3-2-5-18(23)13-25-11-9-22-21(14-25)20(19-10-12-29-16-19)15-26(22)24(27)17-6-4-7-17/h2-3,5,8,10,12,16-17,20-22H,4,6-7,9,11,13-15H2,1H3/t20-,21-,22-/m0/s1. The first-order chi connectivity index (χ1) is 14.2. The fourth-order valence-corrected chi connectivity index (χ4v) is 6.23. The van der Waals surface area contributed by atoms with Crippen molar-refractivity contribution in [3.05, 3.63) is 52.2 Å². The number of fused-ring (bicyclic) bond motifs is 1. The van der Waals surface area contributed by atoms with Crippen LogP contribution in [0.25, 0.3) is 0 Å². The van der Waals surface area contributed by atoms with Crippen LogP contribution in [0.1, 0.15) is 42.7 Å². The Labute approximate surface area is 177 Å². The highest BCUT2D eigenvalue weighted by Crippen LogP contribution is 2.44. The number of hydrogen-bond donors (Lipinski definition) is 0. The Bertz CT molecular complexity index is 848. The number of carbonyl (C=O) groups excluding carboxylic acids is 1. The van der Waals surface area contributed by atoms with Gasteiger partial charge in [0.05, 0.1) is 7.11 Å². The third kappa shape index (κ3) is 3.59. The van der Waals surface area contributed by atoms with E-state index in [1.807, 2.05) is 12.1 Å². The van der Waals surface area contributed by atoms with Crippen molar-refractivity contribution in [1.29, 1.82) is 0 Å². The number of para-hydroxylation sites is 1. The van der Waals surface area contributed by atoms with Crippen LogP contribution in [0.15, 0.2) is 41.1 Å². The molecule has 1 aromatic carbocycles. The molecule has 3 aliphatic rings. The van der Waals surface area contributed by atoms with Gasteiger partial charge in [-0.2, -0.15) is 11.3 Å². The van der Waals surface area contributed by atoms with Crippen molar-refractivity contribution in [2.75, 3.05) is 26.7 Å². The second kappa shape index (κ2) is 8.11. The molecule has 3 atom stereocenters. The van der Waals surface area contributed by atoms with E-state index < -0.39 is 0 Å². The van der Waals surface area contributed by atoms with Crippen molar-refractivity contribution in [1.82, 2.24) is 9.80 Å². The Morgan fingerprint density at radius 2 is 2.03 bits per heavy atom. The van der Waals surface area contributed by atoms with Crippen LogP contribution in [0.2, 0.25) is 0 Å². The van der Waals surface area contributed by atoms with Crippen molar-refractivity contribution < 1.29 is 9.53 Å². The molecule has 3 fully saturated rings. The zero-order chi connectivity index (χ0) is 19.8. The fourth-order valence-electron chi connectivity index (χ4n) is 5.50. The highest BCUT2D eigenvalue weighted by Gasteiger charge is 2.48. The minimum Gasteiger partial charge on any atom is -0.496 e. The van der Waals surface area contributed by atoms with Crippen LogP contribution in [-0.2, 0) is 11.3 Å². The molecule has 0 N–H and O–H groups in total. The molecule has 0 unspecified atom stereocenters. The van der Waals surface area contributed by atoms with Crippen LogP contribution in [-0.4, -0.2) is 48.5 Å². The van der Waals surface area contributed by atoms with Gasteiger partial charge in [-0.1, -0.05) is 24.6 Å². The van der Waals surface area contributed by atoms with Crippen LogP contribution in [0.3, 0.4) is 0 Å². The largest absolute Gasteiger partial charge is 0.496 e. The number of benzene rings is 1. The quantitative estimate of drug-likeness (QED) is 0.734. The number of hydrogen-bond acceptors (Lipinski definition) is 4. The van der Waals surface area contributed by atoms with Crippen molar-refractivity contribution >= 4 is 17.2 Å². The summed E-state index contributed by atoms with van der Waals surface area (Å²) < 4.78 is 5.57. The van der Waals surface area contributed by atoms with Gasteiger partial charge in [-0.25, -0.2) is 0 Å². The van der Waals surface area contributed by atoms with Gasteiger partial charge in [0, 0.05) is 55.5 Å². The van der Waals surface area contributed by atoms with E-state index in [0.29, 0.717) is 29.7 Å². The van der Waals surface area contributed by atoms with Crippen molar-refractivity contribution in [2.45, 2.75) is 44.2 Å². The molecule has 154 valence electrons. The molecular weight excluding hydrogens is 380 g/mol. The lowest BCUT2D eigenvalue weighted by atomic mass is 9.82. The average molecular weight is 411 g/mol. The van der Waals surface area contributed by atoms with E-state index in [-0.39, 0.29) is 0 Å². The summed E-state index contributed by atoms with van der Waals surface area (Å²) in [6, 6.07) is 11.0. The molecule has 1 saturated carbocycles. The van der Waals surface area contributed by atoms with E-state index in [1.165, 1.54) is 17.5 Å². The van der Waals surface area contributed by atoms with Crippen LogP contribution in [0.4, 0.5) is 0 Å². The zero-order valence-electron chi connectivity index (χ0n) is 17.1. The minimum absolute atomic E-state index is 0.295. The Morgan fingerprint density at radius 3 is 2.76 bits per heavy atom. The molecule has 5 heteroatoms. The third-order valence-electron chi connectivity index (χ3n) is 7.31. The predicted octanol–water partition coefficient (Wildman–Crippen LogP) is 4.37. The minimum atomic E-state index is 0.295. The number of piperidine rings is 1. The van der Waals surface area contributed by atoms with Crippen LogP contribution in [0.5, 0.6) is 5.75 Å². The highest BCUT2D eigenvalue weighted by molar-refractivity contribution is 7.08. The maximum absolute atomic E-state index is 13.2. The monoisotopic (exact) mass is 410 g/mol. The number of thiophene rings is 1. The third-order valence-corrected chi connectivity index (χ3v) is 8.01. The Kier molecular flexibility index (Phi) is 5.35. The summed E-state index contributed by atoms with van der Waals surface area (Å²) in [5.74, 6) is 2.69. The first-order valence-electron chi connectivity index (χ1n) is 10.9. The van der Waals surface area contributed by atoms with Gasteiger partial charge in [0.2, 0.25) is 5.91 Å². The lowest BCUT2D eigenvalue weighted by Crippen LogP contribution is -2.49. The Morgan fingerprint density at radius 1 is 1.17 bits per heavy atom. The lowest BCUT2D eigenvalue weighted by molar-refractivity contribution is -0.140. The molecule has 3 heterocycles. The van der Waals surface area contributed by atoms with Crippen LogP contribution < -0.4 is 4.74 Å². The number of nitrogens with zero attached hydrogens (tertiary/aromatic N) is 2. The summed E-state index contributed by atoms with van der Waals surface area (Å²) in [5, 5.41) is 4.47. The van der Waals surface area contributed by atoms with Gasteiger partial charge in [-0.15, -0.1) is 0 Å². The van der Waals surface area contributed by atoms with E-state index in [4.69, 9.17) is 4.74 Å².